The number of anilines is 1. The quantitative estimate of drug-likeness (QED) is 0.778. The lowest BCUT2D eigenvalue weighted by Crippen LogP contribution is -2.41. The van der Waals surface area contributed by atoms with Crippen LogP contribution in [0.3, 0.4) is 0 Å². The van der Waals surface area contributed by atoms with E-state index in [1.165, 1.54) is 6.07 Å². The van der Waals surface area contributed by atoms with Crippen LogP contribution in [0.25, 0.3) is 0 Å². The second-order valence-electron chi connectivity index (χ2n) is 7.19. The molecule has 2 fully saturated rings. The number of morpholine rings is 1. The molecule has 1 aromatic carbocycles. The average molecular weight is 413 g/mol. The van der Waals surface area contributed by atoms with Crippen molar-refractivity contribution in [2.45, 2.75) is 31.2 Å². The van der Waals surface area contributed by atoms with Gasteiger partial charge in [-0.25, -0.2) is 12.8 Å². The first-order valence-electron chi connectivity index (χ1n) is 9.18. The molecule has 0 radical (unpaired) electrons. The number of halogens is 1. The van der Waals surface area contributed by atoms with Gasteiger partial charge >= 0.3 is 0 Å². The first-order chi connectivity index (χ1) is 13.2. The molecule has 8 nitrogen and oxygen atoms in total. The lowest BCUT2D eigenvalue weighted by Gasteiger charge is -2.26. The Balaban J connectivity index is 1.76. The highest BCUT2D eigenvalue weighted by molar-refractivity contribution is 7.89. The number of ether oxygens (including phenoxy) is 1. The summed E-state index contributed by atoms with van der Waals surface area (Å²) in [5.74, 6) is -1.89. The average Bonchev–Trinajstić information content (AvgIpc) is 3.06. The van der Waals surface area contributed by atoms with Crippen molar-refractivity contribution in [1.29, 1.82) is 0 Å². The molecule has 0 aliphatic carbocycles. The van der Waals surface area contributed by atoms with Crippen LogP contribution >= 0.6 is 0 Å². The Morgan fingerprint density at radius 3 is 2.57 bits per heavy atom. The Kier molecular flexibility index (Phi) is 6.01. The minimum absolute atomic E-state index is 0.00129. The van der Waals surface area contributed by atoms with Crippen LogP contribution in [0.1, 0.15) is 20.3 Å². The Labute approximate surface area is 163 Å². The van der Waals surface area contributed by atoms with Crippen molar-refractivity contribution < 1.29 is 27.1 Å². The zero-order valence-corrected chi connectivity index (χ0v) is 16.7. The lowest BCUT2D eigenvalue weighted by atomic mass is 10.1. The van der Waals surface area contributed by atoms with Crippen LogP contribution < -0.4 is 5.32 Å². The number of nitrogens with zero attached hydrogens (tertiary/aromatic N) is 2. The van der Waals surface area contributed by atoms with Crippen molar-refractivity contribution in [1.82, 2.24) is 9.21 Å². The zero-order chi connectivity index (χ0) is 20.5. The molecule has 0 saturated carbocycles. The molecule has 2 amide bonds. The molecule has 1 N–H and O–H groups in total. The molecule has 0 spiro atoms. The van der Waals surface area contributed by atoms with Crippen LogP contribution in [0, 0.1) is 11.7 Å². The molecular formula is C18H24FN3O5S. The summed E-state index contributed by atoms with van der Waals surface area (Å²) in [6, 6.07) is 3.45. The number of rotatable bonds is 5. The van der Waals surface area contributed by atoms with Gasteiger partial charge in [-0.1, -0.05) is 0 Å². The van der Waals surface area contributed by atoms with E-state index in [-0.39, 0.29) is 50.4 Å². The number of hydrogen-bond acceptors (Lipinski definition) is 5. The van der Waals surface area contributed by atoms with Gasteiger partial charge in [0.05, 0.1) is 19.1 Å². The van der Waals surface area contributed by atoms with E-state index in [1.807, 2.05) is 13.8 Å². The highest BCUT2D eigenvalue weighted by Gasteiger charge is 2.36. The molecule has 2 heterocycles. The van der Waals surface area contributed by atoms with Crippen LogP contribution in [0.4, 0.5) is 10.1 Å². The SMILES string of the molecule is CC(C)N1CC(C(=O)Nc2ccc(F)c(S(=O)(=O)N3CCOCC3)c2)CC1=O. The molecule has 154 valence electrons. The molecule has 3 rings (SSSR count). The normalized spacial score (nSPS) is 21.4. The van der Waals surface area contributed by atoms with Gasteiger partial charge in [0.25, 0.3) is 0 Å². The summed E-state index contributed by atoms with van der Waals surface area (Å²) in [5, 5.41) is 2.61. The van der Waals surface area contributed by atoms with Gasteiger partial charge in [-0.15, -0.1) is 0 Å². The first kappa shape index (κ1) is 20.7. The molecule has 0 aromatic heterocycles. The lowest BCUT2D eigenvalue weighted by molar-refractivity contribution is -0.129. The monoisotopic (exact) mass is 413 g/mol. The number of benzene rings is 1. The molecule has 28 heavy (non-hydrogen) atoms. The standard InChI is InChI=1S/C18H24FN3O5S/c1-12(2)22-11-13(9-17(22)23)18(24)20-14-3-4-15(19)16(10-14)28(25,26)21-5-7-27-8-6-21/h3-4,10,12-13H,5-9,11H2,1-2H3,(H,20,24). The highest BCUT2D eigenvalue weighted by atomic mass is 32.2. The molecule has 2 aliphatic rings. The van der Waals surface area contributed by atoms with Crippen molar-refractivity contribution in [2.75, 3.05) is 38.2 Å². The van der Waals surface area contributed by atoms with Gasteiger partial charge in [-0.3, -0.25) is 9.59 Å². The van der Waals surface area contributed by atoms with E-state index in [0.717, 1.165) is 16.4 Å². The Morgan fingerprint density at radius 1 is 1.29 bits per heavy atom. The van der Waals surface area contributed by atoms with Gasteiger partial charge in [-0.05, 0) is 32.0 Å². The summed E-state index contributed by atoms with van der Waals surface area (Å²) in [4.78, 5) is 25.6. The number of likely N-dealkylation sites (tertiary alicyclic amines) is 1. The second-order valence-corrected chi connectivity index (χ2v) is 9.10. The molecular weight excluding hydrogens is 389 g/mol. The van der Waals surface area contributed by atoms with Crippen LogP contribution in [0.2, 0.25) is 0 Å². The van der Waals surface area contributed by atoms with Crippen LogP contribution in [-0.4, -0.2) is 68.3 Å². The molecule has 10 heteroatoms. The Bertz CT molecular complexity index is 868. The number of carbonyl (C=O) groups excluding carboxylic acids is 2. The third-order valence-electron chi connectivity index (χ3n) is 4.94. The Hall–Kier alpha value is -2.04. The highest BCUT2D eigenvalue weighted by Crippen LogP contribution is 2.26. The molecule has 1 unspecified atom stereocenters. The minimum atomic E-state index is -4.03. The molecule has 1 aromatic rings. The van der Waals surface area contributed by atoms with Crippen LogP contribution in [0.5, 0.6) is 0 Å². The predicted molar refractivity (Wildman–Crippen MR) is 99.6 cm³/mol. The summed E-state index contributed by atoms with van der Waals surface area (Å²) in [6.07, 6.45) is 0.101. The van der Waals surface area contributed by atoms with Gasteiger partial charge < -0.3 is 15.0 Å². The molecule has 1 atom stereocenters. The third kappa shape index (κ3) is 4.18. The van der Waals surface area contributed by atoms with Crippen molar-refractivity contribution in [3.63, 3.8) is 0 Å². The summed E-state index contributed by atoms with van der Waals surface area (Å²) in [5.41, 5.74) is 0.175. The summed E-state index contributed by atoms with van der Waals surface area (Å²) < 4.78 is 46.0. The minimum Gasteiger partial charge on any atom is -0.379 e. The molecule has 2 aliphatic heterocycles. The van der Waals surface area contributed by atoms with Gasteiger partial charge in [0.1, 0.15) is 10.7 Å². The summed E-state index contributed by atoms with van der Waals surface area (Å²) >= 11 is 0. The predicted octanol–water partition coefficient (Wildman–Crippen LogP) is 1.04. The van der Waals surface area contributed by atoms with E-state index in [2.05, 4.69) is 5.32 Å². The largest absolute Gasteiger partial charge is 0.379 e. The van der Waals surface area contributed by atoms with Crippen molar-refractivity contribution in [3.8, 4) is 0 Å². The number of carbonyl (C=O) groups is 2. The number of sulfonamides is 1. The van der Waals surface area contributed by atoms with E-state index >= 15 is 0 Å². The number of nitrogens with one attached hydrogen (secondary N) is 1. The van der Waals surface area contributed by atoms with Gasteiger partial charge in [0.15, 0.2) is 0 Å². The van der Waals surface area contributed by atoms with E-state index in [0.29, 0.717) is 6.54 Å². The van der Waals surface area contributed by atoms with Crippen LogP contribution in [-0.2, 0) is 24.3 Å². The maximum Gasteiger partial charge on any atom is 0.246 e. The maximum absolute atomic E-state index is 14.2. The van der Waals surface area contributed by atoms with Crippen LogP contribution in [0.15, 0.2) is 23.1 Å². The van der Waals surface area contributed by atoms with Crippen molar-refractivity contribution in [2.24, 2.45) is 5.92 Å². The van der Waals surface area contributed by atoms with Crippen molar-refractivity contribution >= 4 is 27.5 Å². The Morgan fingerprint density at radius 2 is 1.96 bits per heavy atom. The zero-order valence-electron chi connectivity index (χ0n) is 15.9. The van der Waals surface area contributed by atoms with Crippen molar-refractivity contribution in [3.05, 3.63) is 24.0 Å². The number of amides is 2. The maximum atomic E-state index is 14.2. The second kappa shape index (κ2) is 8.14. The topological polar surface area (TPSA) is 96.0 Å². The smallest absolute Gasteiger partial charge is 0.246 e. The van der Waals surface area contributed by atoms with Gasteiger partial charge in [-0.2, -0.15) is 4.31 Å². The first-order valence-corrected chi connectivity index (χ1v) is 10.6. The fourth-order valence-corrected chi connectivity index (χ4v) is 4.85. The summed E-state index contributed by atoms with van der Waals surface area (Å²) in [6.45, 7) is 4.85. The van der Waals surface area contributed by atoms with Gasteiger partial charge in [0.2, 0.25) is 21.8 Å². The fraction of sp³-hybridized carbons (Fsp3) is 0.556. The van der Waals surface area contributed by atoms with E-state index in [9.17, 15) is 22.4 Å². The van der Waals surface area contributed by atoms with E-state index < -0.39 is 32.6 Å². The number of hydrogen-bond donors (Lipinski definition) is 1. The van der Waals surface area contributed by atoms with E-state index in [4.69, 9.17) is 4.74 Å². The third-order valence-corrected chi connectivity index (χ3v) is 6.85. The molecule has 2 saturated heterocycles. The fourth-order valence-electron chi connectivity index (χ4n) is 3.36. The summed E-state index contributed by atoms with van der Waals surface area (Å²) in [7, 11) is -4.03. The van der Waals surface area contributed by atoms with E-state index in [1.54, 1.807) is 4.90 Å². The molecule has 0 bridgehead atoms. The van der Waals surface area contributed by atoms with Gasteiger partial charge in [0, 0.05) is 37.8 Å².